The summed E-state index contributed by atoms with van der Waals surface area (Å²) in [4.78, 5) is 17.8. The van der Waals surface area contributed by atoms with Crippen LogP contribution in [0.15, 0.2) is 0 Å². The number of hydrogen-bond acceptors (Lipinski definition) is 3. The van der Waals surface area contributed by atoms with Crippen molar-refractivity contribution in [2.45, 2.75) is 63.8 Å². The van der Waals surface area contributed by atoms with Gasteiger partial charge in [-0.1, -0.05) is 19.3 Å². The number of carbonyl (C=O) groups excluding carboxylic acids is 1. The van der Waals surface area contributed by atoms with Crippen LogP contribution in [0.2, 0.25) is 0 Å². The van der Waals surface area contributed by atoms with Crippen molar-refractivity contribution in [3.8, 4) is 0 Å². The monoisotopic (exact) mass is 279 g/mol. The average Bonchev–Trinajstić information content (AvgIpc) is 2.81. The molecule has 1 saturated carbocycles. The Balaban J connectivity index is 1.55. The van der Waals surface area contributed by atoms with Crippen LogP contribution in [-0.4, -0.2) is 17.1 Å². The summed E-state index contributed by atoms with van der Waals surface area (Å²) < 4.78 is 0. The van der Waals surface area contributed by atoms with Crippen LogP contribution in [0.4, 0.5) is 9.93 Å². The molecule has 0 aromatic carbocycles. The summed E-state index contributed by atoms with van der Waals surface area (Å²) in [5, 5.41) is 6.73. The van der Waals surface area contributed by atoms with E-state index in [2.05, 4.69) is 15.6 Å². The molecule has 0 spiro atoms. The van der Waals surface area contributed by atoms with Gasteiger partial charge in [0.1, 0.15) is 0 Å². The maximum absolute atomic E-state index is 11.9. The van der Waals surface area contributed by atoms with Gasteiger partial charge in [0.25, 0.3) is 0 Å². The summed E-state index contributed by atoms with van der Waals surface area (Å²) in [7, 11) is 0. The second-order valence-electron chi connectivity index (χ2n) is 5.53. The van der Waals surface area contributed by atoms with E-state index in [9.17, 15) is 4.79 Å². The first-order chi connectivity index (χ1) is 9.31. The zero-order valence-corrected chi connectivity index (χ0v) is 12.0. The number of aryl methyl sites for hydroxylation is 2. The fourth-order valence-corrected chi connectivity index (χ4v) is 4.02. The van der Waals surface area contributed by atoms with Crippen molar-refractivity contribution in [2.75, 3.05) is 5.32 Å². The third-order valence-corrected chi connectivity index (χ3v) is 5.08. The highest BCUT2D eigenvalue weighted by Crippen LogP contribution is 2.29. The number of aromatic nitrogens is 1. The minimum absolute atomic E-state index is 0.0852. The fraction of sp³-hybridized carbons (Fsp3) is 0.714. The van der Waals surface area contributed by atoms with Crippen LogP contribution >= 0.6 is 11.3 Å². The number of fused-ring (bicyclic) bond motifs is 1. The number of nitrogens with zero attached hydrogens (tertiary/aromatic N) is 1. The minimum atomic E-state index is -0.0852. The Labute approximate surface area is 118 Å². The molecule has 0 bridgehead atoms. The molecule has 4 nitrogen and oxygen atoms in total. The van der Waals surface area contributed by atoms with Crippen LogP contribution in [0.25, 0.3) is 0 Å². The maximum Gasteiger partial charge on any atom is 0.321 e. The number of anilines is 1. The van der Waals surface area contributed by atoms with Gasteiger partial charge in [-0.2, -0.15) is 0 Å². The number of urea groups is 1. The van der Waals surface area contributed by atoms with Crippen molar-refractivity contribution in [1.82, 2.24) is 10.3 Å². The molecule has 0 atom stereocenters. The third-order valence-electron chi connectivity index (χ3n) is 4.01. The summed E-state index contributed by atoms with van der Waals surface area (Å²) >= 11 is 1.64. The van der Waals surface area contributed by atoms with E-state index in [-0.39, 0.29) is 6.03 Å². The summed E-state index contributed by atoms with van der Waals surface area (Å²) in [6.07, 6.45) is 10.7. The standard InChI is InChI=1S/C14H21N3OS/c18-13(15-10-6-2-1-3-7-10)17-14-16-11-8-4-5-9-12(11)19-14/h10H,1-9H2,(H2,15,16,17,18). The minimum Gasteiger partial charge on any atom is -0.335 e. The SMILES string of the molecule is O=C(Nc1nc2c(s1)CCCC2)NC1CCCCC1. The molecule has 2 amide bonds. The van der Waals surface area contributed by atoms with Crippen molar-refractivity contribution >= 4 is 22.5 Å². The molecule has 2 aliphatic rings. The van der Waals surface area contributed by atoms with Gasteiger partial charge in [-0.25, -0.2) is 9.78 Å². The Morgan fingerprint density at radius 2 is 1.89 bits per heavy atom. The van der Waals surface area contributed by atoms with Gasteiger partial charge in [0.15, 0.2) is 5.13 Å². The van der Waals surface area contributed by atoms with E-state index in [0.717, 1.165) is 30.8 Å². The van der Waals surface area contributed by atoms with Crippen LogP contribution in [0.5, 0.6) is 0 Å². The quantitative estimate of drug-likeness (QED) is 0.871. The number of amides is 2. The second kappa shape index (κ2) is 5.90. The van der Waals surface area contributed by atoms with Gasteiger partial charge in [0.05, 0.1) is 5.69 Å². The number of hydrogen-bond donors (Lipinski definition) is 2. The van der Waals surface area contributed by atoms with Gasteiger partial charge in [-0.15, -0.1) is 11.3 Å². The van der Waals surface area contributed by atoms with Crippen molar-refractivity contribution in [3.05, 3.63) is 10.6 Å². The van der Waals surface area contributed by atoms with Crippen molar-refractivity contribution in [3.63, 3.8) is 0 Å². The molecule has 0 unspecified atom stereocenters. The van der Waals surface area contributed by atoms with E-state index in [1.54, 1.807) is 11.3 Å². The lowest BCUT2D eigenvalue weighted by molar-refractivity contribution is 0.244. The van der Waals surface area contributed by atoms with Gasteiger partial charge in [0.2, 0.25) is 0 Å². The van der Waals surface area contributed by atoms with Gasteiger partial charge < -0.3 is 5.32 Å². The normalized spacial score (nSPS) is 19.8. The molecule has 0 radical (unpaired) electrons. The van der Waals surface area contributed by atoms with Crippen LogP contribution in [0, 0.1) is 0 Å². The van der Waals surface area contributed by atoms with Crippen molar-refractivity contribution in [1.29, 1.82) is 0 Å². The van der Waals surface area contributed by atoms with Crippen LogP contribution < -0.4 is 10.6 Å². The molecule has 2 N–H and O–H groups in total. The molecule has 3 rings (SSSR count). The number of carbonyl (C=O) groups is 1. The number of nitrogens with one attached hydrogen (secondary N) is 2. The Bertz CT molecular complexity index is 428. The topological polar surface area (TPSA) is 54.0 Å². The molecule has 0 saturated heterocycles. The first kappa shape index (κ1) is 12.9. The molecule has 0 aliphatic heterocycles. The summed E-state index contributed by atoms with van der Waals surface area (Å²) in [6.45, 7) is 0. The highest BCUT2D eigenvalue weighted by atomic mass is 32.1. The van der Waals surface area contributed by atoms with Crippen LogP contribution in [0.1, 0.15) is 55.5 Å². The smallest absolute Gasteiger partial charge is 0.321 e. The van der Waals surface area contributed by atoms with Crippen LogP contribution in [0.3, 0.4) is 0 Å². The Morgan fingerprint density at radius 1 is 1.11 bits per heavy atom. The lowest BCUT2D eigenvalue weighted by atomic mass is 9.96. The van der Waals surface area contributed by atoms with Gasteiger partial charge in [-0.05, 0) is 38.5 Å². The van der Waals surface area contributed by atoms with E-state index < -0.39 is 0 Å². The summed E-state index contributed by atoms with van der Waals surface area (Å²) in [6, 6.07) is 0.265. The lowest BCUT2D eigenvalue weighted by Gasteiger charge is -2.22. The second-order valence-corrected chi connectivity index (χ2v) is 6.61. The zero-order valence-electron chi connectivity index (χ0n) is 11.2. The van der Waals surface area contributed by atoms with E-state index in [1.807, 2.05) is 0 Å². The number of thiazole rings is 1. The number of rotatable bonds is 2. The Kier molecular flexibility index (Phi) is 4.01. The predicted octanol–water partition coefficient (Wildman–Crippen LogP) is 3.48. The Hall–Kier alpha value is -1.10. The first-order valence-corrected chi connectivity index (χ1v) is 8.19. The van der Waals surface area contributed by atoms with Gasteiger partial charge >= 0.3 is 6.03 Å². The average molecular weight is 279 g/mol. The molecule has 104 valence electrons. The van der Waals surface area contributed by atoms with Crippen molar-refractivity contribution < 1.29 is 4.79 Å². The maximum atomic E-state index is 11.9. The highest BCUT2D eigenvalue weighted by molar-refractivity contribution is 7.15. The summed E-state index contributed by atoms with van der Waals surface area (Å²) in [5.41, 5.74) is 1.20. The van der Waals surface area contributed by atoms with Gasteiger partial charge in [0, 0.05) is 10.9 Å². The predicted molar refractivity (Wildman–Crippen MR) is 77.8 cm³/mol. The first-order valence-electron chi connectivity index (χ1n) is 7.37. The lowest BCUT2D eigenvalue weighted by Crippen LogP contribution is -2.38. The molecule has 1 fully saturated rings. The van der Waals surface area contributed by atoms with E-state index in [1.165, 1.54) is 42.7 Å². The molecule has 1 heterocycles. The summed E-state index contributed by atoms with van der Waals surface area (Å²) in [5.74, 6) is 0. The third kappa shape index (κ3) is 3.26. The van der Waals surface area contributed by atoms with Crippen LogP contribution in [-0.2, 0) is 12.8 Å². The van der Waals surface area contributed by atoms with Crippen molar-refractivity contribution in [2.24, 2.45) is 0 Å². The Morgan fingerprint density at radius 3 is 2.68 bits per heavy atom. The molecule has 5 heteroatoms. The molecule has 2 aliphatic carbocycles. The van der Waals surface area contributed by atoms with Gasteiger partial charge in [-0.3, -0.25) is 5.32 Å². The van der Waals surface area contributed by atoms with E-state index in [4.69, 9.17) is 0 Å². The molecular formula is C14H21N3OS. The highest BCUT2D eigenvalue weighted by Gasteiger charge is 2.18. The molecule has 1 aromatic rings. The molecule has 19 heavy (non-hydrogen) atoms. The van der Waals surface area contributed by atoms with E-state index in [0.29, 0.717) is 6.04 Å². The van der Waals surface area contributed by atoms with E-state index >= 15 is 0 Å². The largest absolute Gasteiger partial charge is 0.335 e. The molecule has 1 aromatic heterocycles. The zero-order chi connectivity index (χ0) is 13.1. The molecular weight excluding hydrogens is 258 g/mol. The fourth-order valence-electron chi connectivity index (χ4n) is 2.97.